The highest BCUT2D eigenvalue weighted by atomic mass is 32.1. The van der Waals surface area contributed by atoms with Crippen LogP contribution in [-0.2, 0) is 5.41 Å². The van der Waals surface area contributed by atoms with Gasteiger partial charge in [0.25, 0.3) is 0 Å². The lowest BCUT2D eigenvalue weighted by Crippen LogP contribution is -2.30. The number of hydrogen-bond donors (Lipinski definition) is 2. The first-order valence-electron chi connectivity index (χ1n) is 25.6. The summed E-state index contributed by atoms with van der Waals surface area (Å²) in [5.41, 5.74) is 19.1. The molecule has 8 aromatic carbocycles. The lowest BCUT2D eigenvalue weighted by atomic mass is 9.80. The number of fused-ring (bicyclic) bond motifs is 6. The third-order valence-electron chi connectivity index (χ3n) is 15.1. The lowest BCUT2D eigenvalue weighted by molar-refractivity contribution is 0.510. The number of hydrogen-bond acceptors (Lipinski definition) is 5. The van der Waals surface area contributed by atoms with E-state index in [1.807, 2.05) is 42.5 Å². The summed E-state index contributed by atoms with van der Waals surface area (Å²) in [5.74, 6) is 0.312. The van der Waals surface area contributed by atoms with Gasteiger partial charge < -0.3 is 13.9 Å². The van der Waals surface area contributed by atoms with Crippen LogP contribution in [0.4, 0.5) is 11.4 Å². The van der Waals surface area contributed by atoms with Gasteiger partial charge in [0, 0.05) is 50.1 Å². The number of allylic oxidation sites excluding steroid dienone is 8. The standard InChI is InChI=1S/C68H58N4OS/c1-67(2,3)50-27-16-43(17-28-50)47-25-37-60-58(40-47)59-41-48(44-18-29-51(30-19-44)68(4,5)6)26-38-61(59)72(60)54-33-22-46(23-34-54)55-36-39-62(66(70-74)65(55)69)71(52-12-8-7-9-13-52)53-31-20-45(21-32-53)49-24-35-57-56-14-10-11-15-63(56)73-64(57)42-49/h7-18,20-42,44,69,74H,19H2,1-6H3. The van der Waals surface area contributed by atoms with Gasteiger partial charge in [-0.3, -0.25) is 5.41 Å². The molecule has 0 fully saturated rings. The first kappa shape index (κ1) is 46.9. The molecule has 0 bridgehead atoms. The molecule has 5 nitrogen and oxygen atoms in total. The van der Waals surface area contributed by atoms with Gasteiger partial charge in [-0.1, -0.05) is 163 Å². The van der Waals surface area contributed by atoms with Crippen LogP contribution in [0.25, 0.3) is 77.3 Å². The SMILES string of the molecule is CC(C)(C)C1=CCC(c2ccc3c(c2)c2cc(-c4ccc(C(C)(C)C)cc4)ccc2n3-c2ccc(C3=CC=C(N(c4ccccc4)c4ccc(-c5ccc6c(c5)oc5ccccc56)cc4)C(=NS)C3=N)cc2)C=C1. The van der Waals surface area contributed by atoms with Crippen LogP contribution in [0.5, 0.6) is 0 Å². The van der Waals surface area contributed by atoms with Crippen LogP contribution in [0.2, 0.25) is 0 Å². The molecule has 1 atom stereocenters. The summed E-state index contributed by atoms with van der Waals surface area (Å²) in [7, 11) is 0. The van der Waals surface area contributed by atoms with Crippen molar-refractivity contribution in [1.82, 2.24) is 4.57 Å². The maximum absolute atomic E-state index is 9.69. The van der Waals surface area contributed by atoms with Crippen molar-refractivity contribution >= 4 is 84.9 Å². The number of nitrogens with one attached hydrogen (secondary N) is 1. The average Bonchev–Trinajstić information content (AvgIpc) is 3.96. The summed E-state index contributed by atoms with van der Waals surface area (Å²) in [6, 6.07) is 65.0. The van der Waals surface area contributed by atoms with Gasteiger partial charge in [0.05, 0.1) is 22.4 Å². The van der Waals surface area contributed by atoms with Gasteiger partial charge in [-0.2, -0.15) is 0 Å². The quantitative estimate of drug-likeness (QED) is 0.118. The van der Waals surface area contributed by atoms with Crippen molar-refractivity contribution in [2.24, 2.45) is 9.81 Å². The number of furan rings is 1. The molecule has 0 aliphatic heterocycles. The van der Waals surface area contributed by atoms with Crippen LogP contribution < -0.4 is 4.90 Å². The van der Waals surface area contributed by atoms with Gasteiger partial charge in [-0.25, -0.2) is 4.40 Å². The van der Waals surface area contributed by atoms with Crippen LogP contribution >= 0.6 is 12.8 Å². The van der Waals surface area contributed by atoms with E-state index in [-0.39, 0.29) is 10.8 Å². The minimum absolute atomic E-state index is 0.0849. The van der Waals surface area contributed by atoms with Crippen molar-refractivity contribution in [3.63, 3.8) is 0 Å². The molecular formula is C68H58N4OS. The molecule has 2 aromatic heterocycles. The smallest absolute Gasteiger partial charge is 0.136 e. The minimum atomic E-state index is 0.0849. The largest absolute Gasteiger partial charge is 0.456 e. The second-order valence-electron chi connectivity index (χ2n) is 21.8. The molecule has 10 aromatic rings. The van der Waals surface area contributed by atoms with Gasteiger partial charge >= 0.3 is 0 Å². The summed E-state index contributed by atoms with van der Waals surface area (Å²) >= 11 is 4.53. The van der Waals surface area contributed by atoms with E-state index in [0.29, 0.717) is 17.3 Å². The highest BCUT2D eigenvalue weighted by molar-refractivity contribution is 7.79. The molecule has 2 heterocycles. The molecule has 2 aliphatic carbocycles. The Hall–Kier alpha value is -8.19. The van der Waals surface area contributed by atoms with Crippen molar-refractivity contribution in [3.8, 4) is 27.9 Å². The normalized spacial score (nSPS) is 15.8. The molecule has 0 saturated heterocycles. The molecule has 362 valence electrons. The Kier molecular flexibility index (Phi) is 11.6. The molecule has 0 amide bonds. The molecule has 2 aliphatic rings. The van der Waals surface area contributed by atoms with Crippen molar-refractivity contribution in [2.45, 2.75) is 59.3 Å². The fourth-order valence-corrected chi connectivity index (χ4v) is 11.1. The molecule has 1 N–H and O–H groups in total. The van der Waals surface area contributed by atoms with E-state index >= 15 is 0 Å². The fraction of sp³-hybridized carbons (Fsp3) is 0.147. The second-order valence-corrected chi connectivity index (χ2v) is 22.0. The Balaban J connectivity index is 0.891. The number of thiol groups is 1. The lowest BCUT2D eigenvalue weighted by Gasteiger charge is -2.30. The second kappa shape index (κ2) is 18.4. The molecule has 0 spiro atoms. The molecule has 0 radical (unpaired) electrons. The molecular weight excluding hydrogens is 921 g/mol. The van der Waals surface area contributed by atoms with E-state index in [1.54, 1.807) is 0 Å². The maximum Gasteiger partial charge on any atom is 0.136 e. The molecule has 0 saturated carbocycles. The van der Waals surface area contributed by atoms with Gasteiger partial charge in [0.2, 0.25) is 0 Å². The van der Waals surface area contributed by atoms with Crippen LogP contribution in [0, 0.1) is 10.8 Å². The molecule has 6 heteroatoms. The predicted molar refractivity (Wildman–Crippen MR) is 317 cm³/mol. The van der Waals surface area contributed by atoms with E-state index in [4.69, 9.17) is 4.42 Å². The van der Waals surface area contributed by atoms with Crippen LogP contribution in [0.3, 0.4) is 0 Å². The molecule has 1 unspecified atom stereocenters. The predicted octanol–water partition coefficient (Wildman–Crippen LogP) is 18.8. The maximum atomic E-state index is 9.69. The number of aromatic nitrogens is 1. The third-order valence-corrected chi connectivity index (χ3v) is 15.3. The summed E-state index contributed by atoms with van der Waals surface area (Å²) in [5, 5.41) is 14.4. The van der Waals surface area contributed by atoms with Gasteiger partial charge in [0.15, 0.2) is 0 Å². The fourth-order valence-electron chi connectivity index (χ4n) is 10.9. The first-order chi connectivity index (χ1) is 35.8. The summed E-state index contributed by atoms with van der Waals surface area (Å²) in [4.78, 5) is 2.15. The van der Waals surface area contributed by atoms with Crippen molar-refractivity contribution < 1.29 is 4.42 Å². The summed E-state index contributed by atoms with van der Waals surface area (Å²) in [6.07, 6.45) is 12.2. The number of benzene rings is 8. The van der Waals surface area contributed by atoms with E-state index in [1.165, 1.54) is 38.6 Å². The van der Waals surface area contributed by atoms with E-state index in [9.17, 15) is 5.41 Å². The van der Waals surface area contributed by atoms with Crippen molar-refractivity contribution in [2.75, 3.05) is 4.90 Å². The molecule has 12 rings (SSSR count). The van der Waals surface area contributed by atoms with E-state index < -0.39 is 0 Å². The topological polar surface area (TPSA) is 57.5 Å². The van der Waals surface area contributed by atoms with Gasteiger partial charge in [-0.15, -0.1) is 0 Å². The van der Waals surface area contributed by atoms with E-state index in [2.05, 4.69) is 238 Å². The van der Waals surface area contributed by atoms with Gasteiger partial charge in [0.1, 0.15) is 16.9 Å². The first-order valence-corrected chi connectivity index (χ1v) is 26.0. The number of para-hydroxylation sites is 2. The summed E-state index contributed by atoms with van der Waals surface area (Å²) < 4.78 is 13.1. The Labute approximate surface area is 439 Å². The zero-order chi connectivity index (χ0) is 50.9. The van der Waals surface area contributed by atoms with Crippen molar-refractivity contribution in [3.05, 3.63) is 240 Å². The zero-order valence-electron chi connectivity index (χ0n) is 42.7. The Morgan fingerprint density at radius 1 is 0.568 bits per heavy atom. The van der Waals surface area contributed by atoms with Crippen molar-refractivity contribution in [1.29, 1.82) is 5.41 Å². The zero-order valence-corrected chi connectivity index (χ0v) is 43.6. The molecule has 74 heavy (non-hydrogen) atoms. The number of nitrogens with zero attached hydrogens (tertiary/aromatic N) is 3. The minimum Gasteiger partial charge on any atom is -0.456 e. The Bertz CT molecular complexity index is 4000. The monoisotopic (exact) mass is 978 g/mol. The van der Waals surface area contributed by atoms with E-state index in [0.717, 1.165) is 84.4 Å². The third kappa shape index (κ3) is 8.43. The van der Waals surface area contributed by atoms with Crippen LogP contribution in [-0.4, -0.2) is 16.0 Å². The average molecular weight is 979 g/mol. The van der Waals surface area contributed by atoms with Gasteiger partial charge in [-0.05, 0) is 166 Å². The highest BCUT2D eigenvalue weighted by Gasteiger charge is 2.28. The Morgan fingerprint density at radius 2 is 1.18 bits per heavy atom. The number of rotatable bonds is 8. The van der Waals surface area contributed by atoms with Crippen LogP contribution in [0.1, 0.15) is 70.6 Å². The summed E-state index contributed by atoms with van der Waals surface area (Å²) in [6.45, 7) is 13.6. The van der Waals surface area contributed by atoms with Crippen LogP contribution in [0.15, 0.2) is 232 Å². The highest BCUT2D eigenvalue weighted by Crippen LogP contribution is 2.42. The number of anilines is 2. The Morgan fingerprint density at radius 3 is 1.86 bits per heavy atom.